The fraction of sp³-hybridized carbons (Fsp3) is 0.533. The molecule has 0 radical (unpaired) electrons. The molecule has 0 aromatic heterocycles. The Morgan fingerprint density at radius 1 is 1.27 bits per heavy atom. The lowest BCUT2D eigenvalue weighted by Gasteiger charge is -2.18. The van der Waals surface area contributed by atoms with Crippen molar-refractivity contribution in [2.75, 3.05) is 39.5 Å². The van der Waals surface area contributed by atoms with Gasteiger partial charge in [-0.05, 0) is 31.3 Å². The first-order chi connectivity index (χ1) is 10.3. The highest BCUT2D eigenvalue weighted by atomic mass is 32.2. The Bertz CT molecular complexity index is 610. The molecule has 1 amide bonds. The van der Waals surface area contributed by atoms with Crippen LogP contribution in [0.3, 0.4) is 0 Å². The summed E-state index contributed by atoms with van der Waals surface area (Å²) in [5.74, 6) is -0.0210. The summed E-state index contributed by atoms with van der Waals surface area (Å²) in [6.45, 7) is 7.29. The van der Waals surface area contributed by atoms with Gasteiger partial charge in [0.15, 0.2) is 9.84 Å². The van der Waals surface area contributed by atoms with Crippen LogP contribution in [-0.2, 0) is 9.84 Å². The monoisotopic (exact) mass is 328 g/mol. The lowest BCUT2D eigenvalue weighted by atomic mass is 10.2. The van der Waals surface area contributed by atoms with Gasteiger partial charge in [0.05, 0.1) is 17.6 Å². The number of sulfone groups is 1. The van der Waals surface area contributed by atoms with Crippen LogP contribution in [0.25, 0.3) is 0 Å². The van der Waals surface area contributed by atoms with Crippen LogP contribution >= 0.6 is 0 Å². The highest BCUT2D eigenvalue weighted by Gasteiger charge is 2.16. The number of rotatable bonds is 8. The van der Waals surface area contributed by atoms with Crippen molar-refractivity contribution in [3.8, 4) is 5.75 Å². The fourth-order valence-corrected chi connectivity index (χ4v) is 2.69. The van der Waals surface area contributed by atoms with Gasteiger partial charge >= 0.3 is 0 Å². The zero-order chi connectivity index (χ0) is 16.8. The maximum atomic E-state index is 12.2. The molecule has 0 spiro atoms. The number of likely N-dealkylation sites (N-methyl/N-ethyl adjacent to an activating group) is 1. The molecule has 0 bridgehead atoms. The van der Waals surface area contributed by atoms with Crippen molar-refractivity contribution in [1.29, 1.82) is 0 Å². The molecule has 7 heteroatoms. The van der Waals surface area contributed by atoms with Crippen molar-refractivity contribution in [2.45, 2.75) is 18.7 Å². The van der Waals surface area contributed by atoms with Crippen LogP contribution in [0.2, 0.25) is 0 Å². The highest BCUT2D eigenvalue weighted by Crippen LogP contribution is 2.22. The van der Waals surface area contributed by atoms with Gasteiger partial charge in [-0.1, -0.05) is 13.8 Å². The first-order valence-corrected chi connectivity index (χ1v) is 9.11. The van der Waals surface area contributed by atoms with E-state index in [1.807, 2.05) is 0 Å². The average Bonchev–Trinajstić information content (AvgIpc) is 2.49. The second-order valence-electron chi connectivity index (χ2n) is 4.92. The Morgan fingerprint density at radius 3 is 2.41 bits per heavy atom. The summed E-state index contributed by atoms with van der Waals surface area (Å²) in [7, 11) is -1.92. The average molecular weight is 328 g/mol. The molecule has 0 aliphatic heterocycles. The van der Waals surface area contributed by atoms with Crippen molar-refractivity contribution < 1.29 is 17.9 Å². The summed E-state index contributed by atoms with van der Waals surface area (Å²) in [5, 5.41) is 2.82. The van der Waals surface area contributed by atoms with Gasteiger partial charge in [0.25, 0.3) is 5.91 Å². The van der Waals surface area contributed by atoms with E-state index >= 15 is 0 Å². The van der Waals surface area contributed by atoms with E-state index in [1.54, 1.807) is 0 Å². The van der Waals surface area contributed by atoms with Gasteiger partial charge in [-0.3, -0.25) is 4.79 Å². The minimum atomic E-state index is -3.33. The second-order valence-corrected chi connectivity index (χ2v) is 6.93. The molecule has 0 saturated heterocycles. The second kappa shape index (κ2) is 8.14. The molecule has 1 N–H and O–H groups in total. The first-order valence-electron chi connectivity index (χ1n) is 7.22. The van der Waals surface area contributed by atoms with Crippen LogP contribution in [0.1, 0.15) is 24.2 Å². The van der Waals surface area contributed by atoms with Gasteiger partial charge in [0, 0.05) is 19.3 Å². The van der Waals surface area contributed by atoms with Gasteiger partial charge in [-0.15, -0.1) is 0 Å². The predicted molar refractivity (Wildman–Crippen MR) is 86.2 cm³/mol. The molecular formula is C15H24N2O4S. The molecule has 0 aliphatic carbocycles. The predicted octanol–water partition coefficient (Wildman–Crippen LogP) is 1.17. The zero-order valence-corrected chi connectivity index (χ0v) is 14.4. The molecule has 0 unspecified atom stereocenters. The molecule has 22 heavy (non-hydrogen) atoms. The van der Waals surface area contributed by atoms with Crippen molar-refractivity contribution >= 4 is 15.7 Å². The van der Waals surface area contributed by atoms with Gasteiger partial charge in [-0.2, -0.15) is 0 Å². The molecule has 1 rings (SSSR count). The van der Waals surface area contributed by atoms with Crippen molar-refractivity contribution in [2.24, 2.45) is 0 Å². The van der Waals surface area contributed by atoms with Crippen molar-refractivity contribution in [3.63, 3.8) is 0 Å². The summed E-state index contributed by atoms with van der Waals surface area (Å²) >= 11 is 0. The number of nitrogens with one attached hydrogen (secondary N) is 1. The minimum Gasteiger partial charge on any atom is -0.496 e. The van der Waals surface area contributed by atoms with E-state index in [-0.39, 0.29) is 16.6 Å². The summed E-state index contributed by atoms with van der Waals surface area (Å²) in [6.07, 6.45) is 1.12. The molecule has 1 aromatic carbocycles. The van der Waals surface area contributed by atoms with Crippen LogP contribution in [0.15, 0.2) is 23.1 Å². The Labute approximate surface area is 132 Å². The Balaban J connectivity index is 2.81. The summed E-state index contributed by atoms with van der Waals surface area (Å²) in [5.41, 5.74) is 0.328. The molecule has 0 aliphatic rings. The Hall–Kier alpha value is -1.60. The number of hydrogen-bond donors (Lipinski definition) is 1. The molecule has 0 saturated carbocycles. The van der Waals surface area contributed by atoms with Crippen molar-refractivity contribution in [1.82, 2.24) is 10.2 Å². The van der Waals surface area contributed by atoms with E-state index in [9.17, 15) is 13.2 Å². The molecule has 124 valence electrons. The van der Waals surface area contributed by atoms with Gasteiger partial charge < -0.3 is 15.0 Å². The van der Waals surface area contributed by atoms with E-state index in [0.29, 0.717) is 12.1 Å². The van der Waals surface area contributed by atoms with E-state index < -0.39 is 9.84 Å². The third kappa shape index (κ3) is 4.99. The van der Waals surface area contributed by atoms with Crippen LogP contribution in [0.4, 0.5) is 0 Å². The SMILES string of the molecule is CCN(CC)CCNC(=O)c1ccc(S(C)(=O)=O)cc1OC. The molecule has 0 atom stereocenters. The van der Waals surface area contributed by atoms with Crippen molar-refractivity contribution in [3.05, 3.63) is 23.8 Å². The number of ether oxygens (including phenoxy) is 1. The Morgan fingerprint density at radius 2 is 1.91 bits per heavy atom. The van der Waals surface area contributed by atoms with Gasteiger partial charge in [0.2, 0.25) is 0 Å². The molecule has 6 nitrogen and oxygen atoms in total. The largest absolute Gasteiger partial charge is 0.496 e. The lowest BCUT2D eigenvalue weighted by molar-refractivity contribution is 0.0945. The highest BCUT2D eigenvalue weighted by molar-refractivity contribution is 7.90. The first kappa shape index (κ1) is 18.4. The van der Waals surface area contributed by atoms with E-state index in [1.165, 1.54) is 25.3 Å². The van der Waals surface area contributed by atoms with Crippen LogP contribution in [0.5, 0.6) is 5.75 Å². The topological polar surface area (TPSA) is 75.7 Å². The fourth-order valence-electron chi connectivity index (χ4n) is 2.05. The van der Waals surface area contributed by atoms with Crippen LogP contribution in [0, 0.1) is 0 Å². The summed E-state index contributed by atoms with van der Waals surface area (Å²) in [6, 6.07) is 4.26. The maximum Gasteiger partial charge on any atom is 0.255 e. The molecule has 0 heterocycles. The standard InChI is InChI=1S/C15H24N2O4S/c1-5-17(6-2)10-9-16-15(18)13-8-7-12(22(4,19)20)11-14(13)21-3/h7-8,11H,5-6,9-10H2,1-4H3,(H,16,18). The summed E-state index contributed by atoms with van der Waals surface area (Å²) in [4.78, 5) is 14.5. The van der Waals surface area contributed by atoms with Gasteiger partial charge in [0.1, 0.15) is 5.75 Å². The smallest absolute Gasteiger partial charge is 0.255 e. The number of methoxy groups -OCH3 is 1. The lowest BCUT2D eigenvalue weighted by Crippen LogP contribution is -2.34. The summed E-state index contributed by atoms with van der Waals surface area (Å²) < 4.78 is 28.2. The van der Waals surface area contributed by atoms with E-state index in [2.05, 4.69) is 24.1 Å². The van der Waals surface area contributed by atoms with E-state index in [0.717, 1.165) is 25.9 Å². The van der Waals surface area contributed by atoms with Crippen LogP contribution in [-0.4, -0.2) is 58.8 Å². The molecular weight excluding hydrogens is 304 g/mol. The maximum absolute atomic E-state index is 12.2. The number of nitrogens with zero attached hydrogens (tertiary/aromatic N) is 1. The number of benzene rings is 1. The molecule has 0 fully saturated rings. The Kier molecular flexibility index (Phi) is 6.83. The zero-order valence-electron chi connectivity index (χ0n) is 13.5. The number of carbonyl (C=O) groups is 1. The third-order valence-corrected chi connectivity index (χ3v) is 4.56. The number of hydrogen-bond acceptors (Lipinski definition) is 5. The van der Waals surface area contributed by atoms with E-state index in [4.69, 9.17) is 4.74 Å². The minimum absolute atomic E-state index is 0.129. The number of carbonyl (C=O) groups excluding carboxylic acids is 1. The third-order valence-electron chi connectivity index (χ3n) is 3.45. The normalized spacial score (nSPS) is 11.5. The molecule has 1 aromatic rings. The number of amides is 1. The quantitative estimate of drug-likeness (QED) is 0.775. The van der Waals surface area contributed by atoms with Crippen LogP contribution < -0.4 is 10.1 Å². The van der Waals surface area contributed by atoms with Gasteiger partial charge in [-0.25, -0.2) is 8.42 Å².